The third-order valence-electron chi connectivity index (χ3n) is 3.03. The Kier molecular flexibility index (Phi) is 3.52. The van der Waals surface area contributed by atoms with Crippen molar-refractivity contribution in [3.05, 3.63) is 60.7 Å². The van der Waals surface area contributed by atoms with Crippen LogP contribution in [0.5, 0.6) is 0 Å². The molecule has 0 spiro atoms. The van der Waals surface area contributed by atoms with E-state index in [1.165, 1.54) is 0 Å². The Balaban J connectivity index is 2.17. The van der Waals surface area contributed by atoms with E-state index in [2.05, 4.69) is 32.5 Å². The summed E-state index contributed by atoms with van der Waals surface area (Å²) in [5.41, 5.74) is 3.28. The SMILES string of the molecule is CNCc1cnn(-c2cnccn2)c1-c1ccccc1. The quantitative estimate of drug-likeness (QED) is 0.784. The Morgan fingerprint density at radius 1 is 1.10 bits per heavy atom. The molecule has 0 radical (unpaired) electrons. The molecule has 0 unspecified atom stereocenters. The zero-order chi connectivity index (χ0) is 13.8. The lowest BCUT2D eigenvalue weighted by atomic mass is 10.1. The standard InChI is InChI=1S/C15H15N5/c1-16-9-13-10-19-20(14-11-17-7-8-18-14)15(13)12-5-3-2-4-6-12/h2-8,10-11,16H,9H2,1H3. The highest BCUT2D eigenvalue weighted by Crippen LogP contribution is 2.25. The highest BCUT2D eigenvalue weighted by molar-refractivity contribution is 5.65. The molecule has 100 valence electrons. The van der Waals surface area contributed by atoms with Gasteiger partial charge in [-0.05, 0) is 7.05 Å². The molecule has 0 bridgehead atoms. The van der Waals surface area contributed by atoms with E-state index in [1.54, 1.807) is 18.6 Å². The monoisotopic (exact) mass is 265 g/mol. The van der Waals surface area contributed by atoms with E-state index in [0.717, 1.165) is 23.4 Å². The van der Waals surface area contributed by atoms with Crippen LogP contribution in [0.25, 0.3) is 17.1 Å². The maximum absolute atomic E-state index is 4.46. The van der Waals surface area contributed by atoms with E-state index >= 15 is 0 Å². The molecule has 0 fully saturated rings. The average Bonchev–Trinajstić information content (AvgIpc) is 2.93. The van der Waals surface area contributed by atoms with Gasteiger partial charge in [0.05, 0.1) is 18.1 Å². The number of aromatic nitrogens is 4. The lowest BCUT2D eigenvalue weighted by Crippen LogP contribution is -2.07. The molecular formula is C15H15N5. The fourth-order valence-corrected chi connectivity index (χ4v) is 2.18. The van der Waals surface area contributed by atoms with Crippen molar-refractivity contribution in [3.8, 4) is 17.1 Å². The summed E-state index contributed by atoms with van der Waals surface area (Å²) in [4.78, 5) is 8.44. The van der Waals surface area contributed by atoms with Gasteiger partial charge in [-0.2, -0.15) is 5.10 Å². The lowest BCUT2D eigenvalue weighted by molar-refractivity contribution is 0.816. The van der Waals surface area contributed by atoms with Crippen LogP contribution in [0.3, 0.4) is 0 Å². The van der Waals surface area contributed by atoms with Crippen LogP contribution in [0.1, 0.15) is 5.56 Å². The molecule has 2 heterocycles. The Hall–Kier alpha value is -2.53. The summed E-state index contributed by atoms with van der Waals surface area (Å²) in [7, 11) is 1.93. The van der Waals surface area contributed by atoms with Gasteiger partial charge in [0.2, 0.25) is 0 Å². The van der Waals surface area contributed by atoms with Crippen molar-refractivity contribution in [2.75, 3.05) is 7.05 Å². The van der Waals surface area contributed by atoms with Gasteiger partial charge in [-0.1, -0.05) is 30.3 Å². The molecule has 0 aliphatic heterocycles. The summed E-state index contributed by atoms with van der Waals surface area (Å²) in [6.45, 7) is 0.754. The second-order valence-corrected chi connectivity index (χ2v) is 4.39. The first kappa shape index (κ1) is 12.5. The average molecular weight is 265 g/mol. The van der Waals surface area contributed by atoms with Crippen LogP contribution in [-0.4, -0.2) is 26.8 Å². The van der Waals surface area contributed by atoms with Crippen LogP contribution >= 0.6 is 0 Å². The Morgan fingerprint density at radius 2 is 1.95 bits per heavy atom. The lowest BCUT2D eigenvalue weighted by Gasteiger charge is -2.08. The third kappa shape index (κ3) is 2.31. The van der Waals surface area contributed by atoms with Crippen molar-refractivity contribution < 1.29 is 0 Å². The van der Waals surface area contributed by atoms with Crippen LogP contribution in [0.4, 0.5) is 0 Å². The van der Waals surface area contributed by atoms with Crippen molar-refractivity contribution in [1.82, 2.24) is 25.1 Å². The van der Waals surface area contributed by atoms with Gasteiger partial charge in [-0.3, -0.25) is 4.98 Å². The number of hydrogen-bond acceptors (Lipinski definition) is 4. The third-order valence-corrected chi connectivity index (χ3v) is 3.03. The highest BCUT2D eigenvalue weighted by atomic mass is 15.3. The predicted octanol–water partition coefficient (Wildman–Crippen LogP) is 2.05. The minimum Gasteiger partial charge on any atom is -0.316 e. The van der Waals surface area contributed by atoms with E-state index in [4.69, 9.17) is 0 Å². The Labute approximate surface area is 117 Å². The van der Waals surface area contributed by atoms with Crippen molar-refractivity contribution in [3.63, 3.8) is 0 Å². The summed E-state index contributed by atoms with van der Waals surface area (Å²) in [5.74, 6) is 0.716. The van der Waals surface area contributed by atoms with Crippen LogP contribution < -0.4 is 5.32 Å². The number of rotatable bonds is 4. The molecule has 0 amide bonds. The number of benzene rings is 1. The molecular weight excluding hydrogens is 250 g/mol. The molecule has 0 atom stereocenters. The fraction of sp³-hybridized carbons (Fsp3) is 0.133. The smallest absolute Gasteiger partial charge is 0.172 e. The van der Waals surface area contributed by atoms with E-state index in [1.807, 2.05) is 36.1 Å². The minimum atomic E-state index is 0.716. The second kappa shape index (κ2) is 5.63. The number of hydrogen-bond donors (Lipinski definition) is 1. The normalized spacial score (nSPS) is 10.7. The summed E-state index contributed by atoms with van der Waals surface area (Å²) in [5, 5.41) is 7.63. The van der Waals surface area contributed by atoms with Gasteiger partial charge in [-0.15, -0.1) is 0 Å². The van der Waals surface area contributed by atoms with E-state index in [0.29, 0.717) is 5.82 Å². The van der Waals surface area contributed by atoms with Crippen molar-refractivity contribution in [2.24, 2.45) is 0 Å². The highest BCUT2D eigenvalue weighted by Gasteiger charge is 2.14. The van der Waals surface area contributed by atoms with E-state index in [9.17, 15) is 0 Å². The number of nitrogens with one attached hydrogen (secondary N) is 1. The first-order valence-corrected chi connectivity index (χ1v) is 6.43. The molecule has 3 aromatic rings. The summed E-state index contributed by atoms with van der Waals surface area (Å²) >= 11 is 0. The maximum atomic E-state index is 4.46. The molecule has 5 heteroatoms. The zero-order valence-corrected chi connectivity index (χ0v) is 11.2. The van der Waals surface area contributed by atoms with Gasteiger partial charge in [0, 0.05) is 30.1 Å². The zero-order valence-electron chi connectivity index (χ0n) is 11.2. The minimum absolute atomic E-state index is 0.716. The number of nitrogens with zero attached hydrogens (tertiary/aromatic N) is 4. The van der Waals surface area contributed by atoms with E-state index < -0.39 is 0 Å². The van der Waals surface area contributed by atoms with Crippen LogP contribution in [0.15, 0.2) is 55.1 Å². The van der Waals surface area contributed by atoms with Gasteiger partial charge in [0.1, 0.15) is 0 Å². The van der Waals surface area contributed by atoms with Crippen molar-refractivity contribution in [1.29, 1.82) is 0 Å². The largest absolute Gasteiger partial charge is 0.316 e. The van der Waals surface area contributed by atoms with Crippen molar-refractivity contribution >= 4 is 0 Å². The second-order valence-electron chi connectivity index (χ2n) is 4.39. The van der Waals surface area contributed by atoms with E-state index in [-0.39, 0.29) is 0 Å². The molecule has 2 aromatic heterocycles. The topological polar surface area (TPSA) is 55.6 Å². The molecule has 20 heavy (non-hydrogen) atoms. The van der Waals surface area contributed by atoms with Gasteiger partial charge in [0.15, 0.2) is 5.82 Å². The first-order chi connectivity index (χ1) is 9.90. The molecule has 0 saturated heterocycles. The molecule has 1 aromatic carbocycles. The summed E-state index contributed by atoms with van der Waals surface area (Å²) in [6, 6.07) is 10.2. The Bertz CT molecular complexity index is 676. The molecule has 0 aliphatic rings. The van der Waals surface area contributed by atoms with Gasteiger partial charge in [0.25, 0.3) is 0 Å². The summed E-state index contributed by atoms with van der Waals surface area (Å²) in [6.07, 6.45) is 6.91. The van der Waals surface area contributed by atoms with Gasteiger partial charge in [-0.25, -0.2) is 9.67 Å². The van der Waals surface area contributed by atoms with Crippen molar-refractivity contribution in [2.45, 2.75) is 6.54 Å². The molecule has 3 rings (SSSR count). The molecule has 0 aliphatic carbocycles. The Morgan fingerprint density at radius 3 is 2.65 bits per heavy atom. The molecule has 1 N–H and O–H groups in total. The predicted molar refractivity (Wildman–Crippen MR) is 77.4 cm³/mol. The first-order valence-electron chi connectivity index (χ1n) is 6.43. The van der Waals surface area contributed by atoms with Crippen LogP contribution in [0, 0.1) is 0 Å². The fourth-order valence-electron chi connectivity index (χ4n) is 2.18. The molecule has 5 nitrogen and oxygen atoms in total. The van der Waals surface area contributed by atoms with Gasteiger partial charge < -0.3 is 5.32 Å². The summed E-state index contributed by atoms with van der Waals surface area (Å²) < 4.78 is 1.83. The maximum Gasteiger partial charge on any atom is 0.172 e. The van der Waals surface area contributed by atoms with Crippen LogP contribution in [0.2, 0.25) is 0 Å². The van der Waals surface area contributed by atoms with Gasteiger partial charge >= 0.3 is 0 Å². The van der Waals surface area contributed by atoms with Crippen LogP contribution in [-0.2, 0) is 6.54 Å². The molecule has 0 saturated carbocycles.